The number of para-hydroxylation sites is 2. The fraction of sp³-hybridized carbons (Fsp3) is 0.0488. The lowest BCUT2D eigenvalue weighted by Crippen LogP contribution is -2.08. The van der Waals surface area contributed by atoms with Crippen LogP contribution in [0.4, 0.5) is 0 Å². The van der Waals surface area contributed by atoms with Gasteiger partial charge in [-0.1, -0.05) is 134 Å². The lowest BCUT2D eigenvalue weighted by Gasteiger charge is -2.13. The molecule has 2 aliphatic carbocycles. The number of hydrogen-bond donors (Lipinski definition) is 0. The molecule has 3 heterocycles. The van der Waals surface area contributed by atoms with Crippen LogP contribution >= 0.6 is 0 Å². The second-order valence-corrected chi connectivity index (χ2v) is 11.6. The number of rotatable bonds is 4. The summed E-state index contributed by atoms with van der Waals surface area (Å²) in [7, 11) is 0. The predicted molar refractivity (Wildman–Crippen MR) is 191 cm³/mol. The molecule has 0 amide bonds. The van der Waals surface area contributed by atoms with E-state index in [9.17, 15) is 0 Å². The fourth-order valence-corrected chi connectivity index (χ4v) is 6.75. The van der Waals surface area contributed by atoms with Crippen LogP contribution in [0.5, 0.6) is 0 Å². The Morgan fingerprint density at radius 3 is 1.98 bits per heavy atom. The minimum absolute atomic E-state index is 0.592. The second-order valence-electron chi connectivity index (χ2n) is 11.6. The van der Waals surface area contributed by atoms with Crippen molar-refractivity contribution in [3.63, 3.8) is 0 Å². The zero-order valence-corrected chi connectivity index (χ0v) is 25.1. The van der Waals surface area contributed by atoms with Gasteiger partial charge in [0.1, 0.15) is 0 Å². The van der Waals surface area contributed by atoms with E-state index in [1.54, 1.807) is 0 Å². The molecule has 0 unspecified atom stereocenters. The van der Waals surface area contributed by atoms with Crippen LogP contribution < -0.4 is 0 Å². The standard InChI is InChI=1S/C41H29N5/c1-2-7-17-28(16-6-1)39-42-40(29-18-8-5-9-19-29)44-41(43-39)46-36-25-15-13-23-32(36)34-27-26-33-31-22-12-14-24-35(31)45(37(33)38(34)46)30-20-10-3-4-11-21-30/h1,3-10,12-27H,2,11H2. The molecule has 218 valence electrons. The summed E-state index contributed by atoms with van der Waals surface area (Å²) in [6, 6.07) is 32.0. The van der Waals surface area contributed by atoms with Crippen LogP contribution in [0.15, 0.2) is 152 Å². The Kier molecular flexibility index (Phi) is 6.20. The monoisotopic (exact) mass is 591 g/mol. The Morgan fingerprint density at radius 1 is 0.500 bits per heavy atom. The van der Waals surface area contributed by atoms with E-state index in [2.05, 4.69) is 143 Å². The molecule has 0 aliphatic heterocycles. The molecule has 46 heavy (non-hydrogen) atoms. The first-order chi connectivity index (χ1) is 22.8. The average molecular weight is 592 g/mol. The molecule has 0 spiro atoms. The molecule has 3 aromatic heterocycles. The molecule has 4 aromatic carbocycles. The normalized spacial score (nSPS) is 14.7. The second kappa shape index (κ2) is 10.8. The SMILES string of the molecule is C1=CCC=CC(c2nc(-c3ccccc3)nc(-n3c4ccccc4c4ccc5c6ccccc6n(C6=CCC=CC=C6)c5c43)n2)=C1. The van der Waals surface area contributed by atoms with Crippen molar-refractivity contribution >= 4 is 54.9 Å². The molecule has 9 rings (SSSR count). The van der Waals surface area contributed by atoms with E-state index >= 15 is 0 Å². The Hall–Kier alpha value is -6.07. The zero-order chi connectivity index (χ0) is 30.5. The minimum Gasteiger partial charge on any atom is -0.307 e. The summed E-state index contributed by atoms with van der Waals surface area (Å²) in [6.45, 7) is 0. The Balaban J connectivity index is 1.45. The maximum Gasteiger partial charge on any atom is 0.238 e. The van der Waals surface area contributed by atoms with E-state index in [0.29, 0.717) is 17.6 Å². The third-order valence-electron chi connectivity index (χ3n) is 8.80. The molecule has 0 radical (unpaired) electrons. The number of allylic oxidation sites excluding steroid dienone is 12. The van der Waals surface area contributed by atoms with Crippen LogP contribution in [-0.2, 0) is 0 Å². The van der Waals surface area contributed by atoms with Gasteiger partial charge < -0.3 is 4.57 Å². The predicted octanol–water partition coefficient (Wildman–Crippen LogP) is 10.0. The average Bonchev–Trinajstić information content (AvgIpc) is 3.31. The van der Waals surface area contributed by atoms with Gasteiger partial charge >= 0.3 is 0 Å². The van der Waals surface area contributed by atoms with Gasteiger partial charge in [0.05, 0.1) is 22.1 Å². The van der Waals surface area contributed by atoms with Crippen molar-refractivity contribution < 1.29 is 0 Å². The van der Waals surface area contributed by atoms with Crippen LogP contribution in [0.2, 0.25) is 0 Å². The van der Waals surface area contributed by atoms with Crippen molar-refractivity contribution in [2.75, 3.05) is 0 Å². The van der Waals surface area contributed by atoms with E-state index in [1.807, 2.05) is 18.2 Å². The number of aromatic nitrogens is 5. The molecular weight excluding hydrogens is 562 g/mol. The lowest BCUT2D eigenvalue weighted by atomic mass is 10.1. The molecule has 0 fully saturated rings. The highest BCUT2D eigenvalue weighted by atomic mass is 15.2. The number of hydrogen-bond acceptors (Lipinski definition) is 3. The van der Waals surface area contributed by atoms with E-state index in [4.69, 9.17) is 15.0 Å². The van der Waals surface area contributed by atoms with E-state index in [1.165, 1.54) is 16.3 Å². The van der Waals surface area contributed by atoms with Gasteiger partial charge in [0.2, 0.25) is 5.95 Å². The third-order valence-corrected chi connectivity index (χ3v) is 8.80. The summed E-state index contributed by atoms with van der Waals surface area (Å²) >= 11 is 0. The van der Waals surface area contributed by atoms with Crippen molar-refractivity contribution in [1.29, 1.82) is 0 Å². The van der Waals surface area contributed by atoms with Gasteiger partial charge in [-0.25, -0.2) is 4.98 Å². The summed E-state index contributed by atoms with van der Waals surface area (Å²) in [6.07, 6.45) is 23.2. The number of fused-ring (bicyclic) bond motifs is 7. The molecule has 0 N–H and O–H groups in total. The largest absolute Gasteiger partial charge is 0.307 e. The van der Waals surface area contributed by atoms with Crippen molar-refractivity contribution in [3.05, 3.63) is 158 Å². The zero-order valence-electron chi connectivity index (χ0n) is 25.1. The maximum absolute atomic E-state index is 5.22. The maximum atomic E-state index is 5.22. The van der Waals surface area contributed by atoms with E-state index < -0.39 is 0 Å². The summed E-state index contributed by atoms with van der Waals surface area (Å²) in [5, 5.41) is 4.71. The number of nitrogens with zero attached hydrogens (tertiary/aromatic N) is 5. The van der Waals surface area contributed by atoms with Gasteiger partial charge in [0, 0.05) is 38.4 Å². The summed E-state index contributed by atoms with van der Waals surface area (Å²) in [5.41, 5.74) is 7.47. The van der Waals surface area contributed by atoms with Gasteiger partial charge in [0.15, 0.2) is 11.6 Å². The molecule has 0 saturated heterocycles. The first kappa shape index (κ1) is 26.3. The Bertz CT molecular complexity index is 2520. The number of benzene rings is 4. The van der Waals surface area contributed by atoms with Gasteiger partial charge in [-0.15, -0.1) is 0 Å². The van der Waals surface area contributed by atoms with Crippen LogP contribution in [0.3, 0.4) is 0 Å². The highest BCUT2D eigenvalue weighted by molar-refractivity contribution is 6.24. The van der Waals surface area contributed by atoms with Crippen LogP contribution in [0.1, 0.15) is 18.7 Å². The van der Waals surface area contributed by atoms with Crippen molar-refractivity contribution in [3.8, 4) is 17.3 Å². The molecule has 5 heteroatoms. The lowest BCUT2D eigenvalue weighted by molar-refractivity contribution is 0.933. The Labute approximate surface area is 266 Å². The molecule has 0 atom stereocenters. The molecule has 7 aromatic rings. The first-order valence-electron chi connectivity index (χ1n) is 15.7. The summed E-state index contributed by atoms with van der Waals surface area (Å²) in [5.74, 6) is 1.88. The van der Waals surface area contributed by atoms with Gasteiger partial charge in [-0.3, -0.25) is 4.57 Å². The van der Waals surface area contributed by atoms with Crippen molar-refractivity contribution in [1.82, 2.24) is 24.1 Å². The summed E-state index contributed by atoms with van der Waals surface area (Å²) in [4.78, 5) is 15.4. The highest BCUT2D eigenvalue weighted by Crippen LogP contribution is 2.41. The Morgan fingerprint density at radius 2 is 1.17 bits per heavy atom. The van der Waals surface area contributed by atoms with Crippen LogP contribution in [0, 0.1) is 0 Å². The highest BCUT2D eigenvalue weighted by Gasteiger charge is 2.23. The van der Waals surface area contributed by atoms with Crippen LogP contribution in [0.25, 0.3) is 72.2 Å². The van der Waals surface area contributed by atoms with Crippen molar-refractivity contribution in [2.45, 2.75) is 12.8 Å². The van der Waals surface area contributed by atoms with Gasteiger partial charge in [0.25, 0.3) is 0 Å². The van der Waals surface area contributed by atoms with Gasteiger partial charge in [-0.05, 0) is 31.1 Å². The van der Waals surface area contributed by atoms with Crippen molar-refractivity contribution in [2.24, 2.45) is 0 Å². The smallest absolute Gasteiger partial charge is 0.238 e. The third kappa shape index (κ3) is 4.20. The van der Waals surface area contributed by atoms with E-state index in [0.717, 1.165) is 57.0 Å². The first-order valence-corrected chi connectivity index (χ1v) is 15.7. The molecule has 5 nitrogen and oxygen atoms in total. The minimum atomic E-state index is 0.592. The molecule has 2 aliphatic rings. The molecule has 0 bridgehead atoms. The summed E-state index contributed by atoms with van der Waals surface area (Å²) < 4.78 is 4.66. The molecular formula is C41H29N5. The quantitative estimate of drug-likeness (QED) is 0.205. The van der Waals surface area contributed by atoms with E-state index in [-0.39, 0.29) is 0 Å². The molecule has 0 saturated carbocycles. The van der Waals surface area contributed by atoms with Crippen LogP contribution in [-0.4, -0.2) is 24.1 Å². The van der Waals surface area contributed by atoms with Gasteiger partial charge in [-0.2, -0.15) is 9.97 Å². The topological polar surface area (TPSA) is 48.5 Å². The fourth-order valence-electron chi connectivity index (χ4n) is 6.75.